The average Bonchev–Trinajstić information content (AvgIpc) is 2.27. The Morgan fingerprint density at radius 3 is 2.94 bits per heavy atom. The van der Waals surface area contributed by atoms with E-state index in [1.54, 1.807) is 12.1 Å². The molecular weight excluding hydrogens is 207 g/mol. The highest BCUT2D eigenvalue weighted by atomic mass is 19.1. The molecule has 0 saturated heterocycles. The van der Waals surface area contributed by atoms with Crippen molar-refractivity contribution in [2.75, 3.05) is 11.1 Å². The van der Waals surface area contributed by atoms with Crippen LogP contribution in [0.2, 0.25) is 0 Å². The monoisotopic (exact) mass is 218 g/mol. The van der Waals surface area contributed by atoms with Crippen LogP contribution in [0.3, 0.4) is 0 Å². The molecule has 0 unspecified atom stereocenters. The molecule has 1 heterocycles. The Bertz CT molecular complexity index is 513. The normalized spacial score (nSPS) is 10.1. The summed E-state index contributed by atoms with van der Waals surface area (Å²) in [6.45, 7) is 1.88. The van der Waals surface area contributed by atoms with Crippen LogP contribution in [0.25, 0.3) is 0 Å². The van der Waals surface area contributed by atoms with E-state index in [1.807, 2.05) is 6.92 Å². The Balaban J connectivity index is 2.34. The third-order valence-electron chi connectivity index (χ3n) is 2.12. The molecule has 0 amide bonds. The summed E-state index contributed by atoms with van der Waals surface area (Å²) >= 11 is 0. The third kappa shape index (κ3) is 2.08. The van der Waals surface area contributed by atoms with E-state index in [9.17, 15) is 4.39 Å². The van der Waals surface area contributed by atoms with Crippen LogP contribution >= 0.6 is 0 Å². The number of nitrogens with zero attached hydrogens (tertiary/aromatic N) is 2. The van der Waals surface area contributed by atoms with E-state index in [4.69, 9.17) is 5.73 Å². The van der Waals surface area contributed by atoms with Gasteiger partial charge in [0, 0.05) is 0 Å². The Hall–Kier alpha value is -2.17. The van der Waals surface area contributed by atoms with Crippen LogP contribution in [0, 0.1) is 12.7 Å². The zero-order chi connectivity index (χ0) is 11.5. The van der Waals surface area contributed by atoms with Crippen LogP contribution in [0.1, 0.15) is 5.56 Å². The number of anilines is 3. The standard InChI is InChI=1S/C11H11FN4/c1-7-2-3-8(12)10(4-7)16-11-9(13)5-14-6-15-11/h2-6H,13H2,1H3,(H,14,15,16). The van der Waals surface area contributed by atoms with Gasteiger partial charge < -0.3 is 11.1 Å². The van der Waals surface area contributed by atoms with E-state index in [0.29, 0.717) is 17.2 Å². The van der Waals surface area contributed by atoms with Gasteiger partial charge in [0.2, 0.25) is 0 Å². The highest BCUT2D eigenvalue weighted by molar-refractivity contribution is 5.68. The SMILES string of the molecule is Cc1ccc(F)c(Nc2ncncc2N)c1. The van der Waals surface area contributed by atoms with Gasteiger partial charge in [-0.3, -0.25) is 0 Å². The van der Waals surface area contributed by atoms with Crippen molar-refractivity contribution < 1.29 is 4.39 Å². The molecule has 1 aromatic carbocycles. The summed E-state index contributed by atoms with van der Waals surface area (Å²) < 4.78 is 13.4. The number of benzene rings is 1. The van der Waals surface area contributed by atoms with Crippen molar-refractivity contribution in [1.29, 1.82) is 0 Å². The Labute approximate surface area is 92.3 Å². The van der Waals surface area contributed by atoms with Gasteiger partial charge >= 0.3 is 0 Å². The summed E-state index contributed by atoms with van der Waals surface area (Å²) in [6, 6.07) is 4.79. The quantitative estimate of drug-likeness (QED) is 0.811. The molecule has 0 radical (unpaired) electrons. The molecule has 3 N–H and O–H groups in total. The highest BCUT2D eigenvalue weighted by Gasteiger charge is 2.05. The van der Waals surface area contributed by atoms with Crippen LogP contribution in [-0.2, 0) is 0 Å². The lowest BCUT2D eigenvalue weighted by atomic mass is 10.2. The minimum Gasteiger partial charge on any atom is -0.394 e. The molecule has 0 bridgehead atoms. The molecule has 0 aliphatic rings. The zero-order valence-corrected chi connectivity index (χ0v) is 8.74. The fourth-order valence-electron chi connectivity index (χ4n) is 1.31. The summed E-state index contributed by atoms with van der Waals surface area (Å²) in [5, 5.41) is 2.83. The minimum absolute atomic E-state index is 0.344. The van der Waals surface area contributed by atoms with Gasteiger partial charge in [-0.25, -0.2) is 14.4 Å². The molecule has 0 aliphatic heterocycles. The largest absolute Gasteiger partial charge is 0.394 e. The van der Waals surface area contributed by atoms with Crippen LogP contribution in [0.15, 0.2) is 30.7 Å². The summed E-state index contributed by atoms with van der Waals surface area (Å²) in [7, 11) is 0. The lowest BCUT2D eigenvalue weighted by Gasteiger charge is -2.08. The van der Waals surface area contributed by atoms with E-state index < -0.39 is 0 Å². The highest BCUT2D eigenvalue weighted by Crippen LogP contribution is 2.22. The predicted molar refractivity (Wildman–Crippen MR) is 60.9 cm³/mol. The van der Waals surface area contributed by atoms with Crippen LogP contribution in [0.4, 0.5) is 21.6 Å². The van der Waals surface area contributed by atoms with Crippen LogP contribution in [-0.4, -0.2) is 9.97 Å². The molecule has 2 rings (SSSR count). The smallest absolute Gasteiger partial charge is 0.157 e. The first-order chi connectivity index (χ1) is 7.66. The number of rotatable bonds is 2. The van der Waals surface area contributed by atoms with Gasteiger partial charge in [0.1, 0.15) is 12.1 Å². The van der Waals surface area contributed by atoms with Crippen LogP contribution < -0.4 is 11.1 Å². The molecule has 5 heteroatoms. The fraction of sp³-hybridized carbons (Fsp3) is 0.0909. The van der Waals surface area contributed by atoms with Crippen LogP contribution in [0.5, 0.6) is 0 Å². The van der Waals surface area contributed by atoms with Gasteiger partial charge in [-0.05, 0) is 24.6 Å². The second-order valence-corrected chi connectivity index (χ2v) is 3.43. The van der Waals surface area contributed by atoms with Gasteiger partial charge in [-0.15, -0.1) is 0 Å². The van der Waals surface area contributed by atoms with E-state index in [0.717, 1.165) is 5.56 Å². The molecule has 82 valence electrons. The predicted octanol–water partition coefficient (Wildman–Crippen LogP) is 2.25. The molecule has 0 saturated carbocycles. The Kier molecular flexibility index (Phi) is 2.68. The first kappa shape index (κ1) is 10.4. The maximum atomic E-state index is 13.4. The van der Waals surface area contributed by atoms with E-state index in [1.165, 1.54) is 18.6 Å². The van der Waals surface area contributed by atoms with Crippen molar-refractivity contribution in [2.24, 2.45) is 0 Å². The van der Waals surface area contributed by atoms with E-state index >= 15 is 0 Å². The van der Waals surface area contributed by atoms with E-state index in [-0.39, 0.29) is 5.82 Å². The number of hydrogen-bond donors (Lipinski definition) is 2. The summed E-state index contributed by atoms with van der Waals surface area (Å²) in [5.41, 5.74) is 7.33. The maximum Gasteiger partial charge on any atom is 0.157 e. The van der Waals surface area contributed by atoms with Gasteiger partial charge in [-0.2, -0.15) is 0 Å². The average molecular weight is 218 g/mol. The lowest BCUT2D eigenvalue weighted by molar-refractivity contribution is 0.631. The van der Waals surface area contributed by atoms with Crippen molar-refractivity contribution in [1.82, 2.24) is 9.97 Å². The fourth-order valence-corrected chi connectivity index (χ4v) is 1.31. The number of halogens is 1. The number of nitrogens with two attached hydrogens (primary N) is 1. The topological polar surface area (TPSA) is 63.8 Å². The zero-order valence-electron chi connectivity index (χ0n) is 8.74. The molecular formula is C11H11FN4. The summed E-state index contributed by atoms with van der Waals surface area (Å²) in [5.74, 6) is 0.0584. The summed E-state index contributed by atoms with van der Waals surface area (Å²) in [6.07, 6.45) is 2.81. The molecule has 0 spiro atoms. The minimum atomic E-state index is -0.344. The van der Waals surface area contributed by atoms with Gasteiger partial charge in [0.25, 0.3) is 0 Å². The molecule has 1 aromatic heterocycles. The molecule has 0 aliphatic carbocycles. The first-order valence-electron chi connectivity index (χ1n) is 4.75. The van der Waals surface area contributed by atoms with Crippen molar-refractivity contribution in [2.45, 2.75) is 6.92 Å². The number of aryl methyl sites for hydroxylation is 1. The van der Waals surface area contributed by atoms with Crippen molar-refractivity contribution >= 4 is 17.2 Å². The van der Waals surface area contributed by atoms with Gasteiger partial charge in [0.15, 0.2) is 5.82 Å². The second kappa shape index (κ2) is 4.14. The van der Waals surface area contributed by atoms with Crippen molar-refractivity contribution in [3.63, 3.8) is 0 Å². The second-order valence-electron chi connectivity index (χ2n) is 3.43. The van der Waals surface area contributed by atoms with E-state index in [2.05, 4.69) is 15.3 Å². The van der Waals surface area contributed by atoms with Crippen molar-refractivity contribution in [3.05, 3.63) is 42.1 Å². The Morgan fingerprint density at radius 1 is 1.38 bits per heavy atom. The third-order valence-corrected chi connectivity index (χ3v) is 2.12. The summed E-state index contributed by atoms with van der Waals surface area (Å²) in [4.78, 5) is 7.69. The molecule has 16 heavy (non-hydrogen) atoms. The first-order valence-corrected chi connectivity index (χ1v) is 4.75. The number of aromatic nitrogens is 2. The Morgan fingerprint density at radius 2 is 2.19 bits per heavy atom. The number of hydrogen-bond acceptors (Lipinski definition) is 4. The van der Waals surface area contributed by atoms with Gasteiger partial charge in [0.05, 0.1) is 17.6 Å². The molecule has 4 nitrogen and oxygen atoms in total. The van der Waals surface area contributed by atoms with Crippen molar-refractivity contribution in [3.8, 4) is 0 Å². The number of nitrogens with one attached hydrogen (secondary N) is 1. The van der Waals surface area contributed by atoms with Gasteiger partial charge in [-0.1, -0.05) is 6.07 Å². The lowest BCUT2D eigenvalue weighted by Crippen LogP contribution is -2.01. The molecule has 0 atom stereocenters. The number of nitrogen functional groups attached to an aromatic ring is 1. The maximum absolute atomic E-state index is 13.4. The molecule has 2 aromatic rings. The molecule has 0 fully saturated rings.